The topological polar surface area (TPSA) is 24.1 Å². The minimum atomic E-state index is -0.0934. The van der Waals surface area contributed by atoms with E-state index in [-0.39, 0.29) is 6.04 Å². The standard InChI is InChI=1S/C22H16Cl2N2S/c23-17-10-6-15(7-11-17)20-19(14-4-2-1-3-5-14)21(26-22(27)25-20)16-8-12-18(24)13-9-16/h1-13,20H,(H2,25,26,27). The highest BCUT2D eigenvalue weighted by Crippen LogP contribution is 2.38. The van der Waals surface area contributed by atoms with Crippen LogP contribution in [0.25, 0.3) is 11.3 Å². The van der Waals surface area contributed by atoms with Crippen LogP contribution in [0, 0.1) is 0 Å². The normalized spacial score (nSPS) is 16.7. The highest BCUT2D eigenvalue weighted by molar-refractivity contribution is 7.80. The van der Waals surface area contributed by atoms with Crippen LogP contribution in [0.3, 0.4) is 0 Å². The molecule has 134 valence electrons. The van der Waals surface area contributed by atoms with Crippen LogP contribution in [0.2, 0.25) is 10.0 Å². The molecule has 0 bridgehead atoms. The van der Waals surface area contributed by atoms with Gasteiger partial charge in [0.15, 0.2) is 5.11 Å². The molecule has 0 amide bonds. The molecule has 0 spiro atoms. The fraction of sp³-hybridized carbons (Fsp3) is 0.0455. The summed E-state index contributed by atoms with van der Waals surface area (Å²) in [5.74, 6) is 0. The average molecular weight is 411 g/mol. The van der Waals surface area contributed by atoms with Gasteiger partial charge in [-0.1, -0.05) is 77.8 Å². The van der Waals surface area contributed by atoms with Crippen molar-refractivity contribution in [1.82, 2.24) is 10.6 Å². The van der Waals surface area contributed by atoms with Crippen molar-refractivity contribution in [2.75, 3.05) is 0 Å². The van der Waals surface area contributed by atoms with Crippen molar-refractivity contribution in [2.45, 2.75) is 6.04 Å². The lowest BCUT2D eigenvalue weighted by Crippen LogP contribution is -2.42. The van der Waals surface area contributed by atoms with E-state index in [1.165, 1.54) is 0 Å². The summed E-state index contributed by atoms with van der Waals surface area (Å²) in [5, 5.41) is 8.74. The molecule has 1 heterocycles. The number of nitrogens with one attached hydrogen (secondary N) is 2. The Bertz CT molecular complexity index is 997. The minimum absolute atomic E-state index is 0.0934. The van der Waals surface area contributed by atoms with Gasteiger partial charge in [0.1, 0.15) is 0 Å². The quantitative estimate of drug-likeness (QED) is 0.511. The van der Waals surface area contributed by atoms with Crippen LogP contribution in [-0.4, -0.2) is 5.11 Å². The van der Waals surface area contributed by atoms with E-state index in [4.69, 9.17) is 35.4 Å². The number of halogens is 2. The Morgan fingerprint density at radius 2 is 1.30 bits per heavy atom. The minimum Gasteiger partial charge on any atom is -0.351 e. The summed E-state index contributed by atoms with van der Waals surface area (Å²) < 4.78 is 0. The van der Waals surface area contributed by atoms with Crippen LogP contribution in [0.1, 0.15) is 22.7 Å². The largest absolute Gasteiger partial charge is 0.351 e. The Hall–Kier alpha value is -2.33. The van der Waals surface area contributed by atoms with E-state index < -0.39 is 0 Å². The zero-order chi connectivity index (χ0) is 18.8. The third-order valence-corrected chi connectivity index (χ3v) is 5.22. The fourth-order valence-corrected chi connectivity index (χ4v) is 3.71. The Morgan fingerprint density at radius 3 is 1.93 bits per heavy atom. The van der Waals surface area contributed by atoms with E-state index in [0.29, 0.717) is 15.2 Å². The molecule has 2 nitrogen and oxygen atoms in total. The van der Waals surface area contributed by atoms with Crippen molar-refractivity contribution < 1.29 is 0 Å². The molecule has 0 saturated heterocycles. The van der Waals surface area contributed by atoms with Gasteiger partial charge in [0.25, 0.3) is 0 Å². The molecule has 2 N–H and O–H groups in total. The van der Waals surface area contributed by atoms with Crippen molar-refractivity contribution in [3.63, 3.8) is 0 Å². The third-order valence-electron chi connectivity index (χ3n) is 4.49. The number of hydrogen-bond acceptors (Lipinski definition) is 1. The zero-order valence-corrected chi connectivity index (χ0v) is 16.6. The van der Waals surface area contributed by atoms with Crippen LogP contribution in [0.4, 0.5) is 0 Å². The van der Waals surface area contributed by atoms with Crippen LogP contribution < -0.4 is 10.6 Å². The average Bonchev–Trinajstić information content (AvgIpc) is 2.69. The van der Waals surface area contributed by atoms with Crippen LogP contribution in [0.5, 0.6) is 0 Å². The van der Waals surface area contributed by atoms with Crippen LogP contribution in [-0.2, 0) is 0 Å². The molecule has 4 rings (SSSR count). The number of thiocarbonyl (C=S) groups is 1. The molecule has 5 heteroatoms. The van der Waals surface area contributed by atoms with Gasteiger partial charge in [-0.3, -0.25) is 0 Å². The van der Waals surface area contributed by atoms with Gasteiger partial charge in [0.2, 0.25) is 0 Å². The smallest absolute Gasteiger partial charge is 0.171 e. The second-order valence-corrected chi connectivity index (χ2v) is 7.53. The predicted octanol–water partition coefficient (Wildman–Crippen LogP) is 6.08. The maximum atomic E-state index is 6.09. The molecular formula is C22H16Cl2N2S. The molecule has 0 radical (unpaired) electrons. The maximum Gasteiger partial charge on any atom is 0.171 e. The zero-order valence-electron chi connectivity index (χ0n) is 14.2. The summed E-state index contributed by atoms with van der Waals surface area (Å²) in [6.45, 7) is 0. The van der Waals surface area contributed by atoms with Gasteiger partial charge >= 0.3 is 0 Å². The summed E-state index contributed by atoms with van der Waals surface area (Å²) in [7, 11) is 0. The third kappa shape index (κ3) is 3.86. The molecule has 0 fully saturated rings. The van der Waals surface area contributed by atoms with Gasteiger partial charge < -0.3 is 10.6 Å². The Labute approximate surface area is 173 Å². The molecule has 1 aliphatic heterocycles. The molecule has 3 aromatic rings. The highest BCUT2D eigenvalue weighted by Gasteiger charge is 2.28. The molecule has 1 aliphatic rings. The molecule has 1 unspecified atom stereocenters. The van der Waals surface area contributed by atoms with E-state index >= 15 is 0 Å². The summed E-state index contributed by atoms with van der Waals surface area (Å²) >= 11 is 17.7. The summed E-state index contributed by atoms with van der Waals surface area (Å²) in [6, 6.07) is 25.8. The van der Waals surface area contributed by atoms with Crippen LogP contribution in [0.15, 0.2) is 78.9 Å². The first-order chi connectivity index (χ1) is 13.1. The van der Waals surface area contributed by atoms with Gasteiger partial charge in [-0.15, -0.1) is 0 Å². The molecule has 0 aliphatic carbocycles. The Kier molecular flexibility index (Phi) is 5.17. The first kappa shape index (κ1) is 18.1. The van der Waals surface area contributed by atoms with Crippen molar-refractivity contribution >= 4 is 51.8 Å². The van der Waals surface area contributed by atoms with E-state index in [0.717, 1.165) is 28.0 Å². The maximum absolute atomic E-state index is 6.09. The Morgan fingerprint density at radius 1 is 0.704 bits per heavy atom. The SMILES string of the molecule is S=C1NC(c2ccc(Cl)cc2)=C(c2ccccc2)C(c2ccc(Cl)cc2)N1. The monoisotopic (exact) mass is 410 g/mol. The lowest BCUT2D eigenvalue weighted by molar-refractivity contribution is 0.785. The molecule has 27 heavy (non-hydrogen) atoms. The van der Waals surface area contributed by atoms with Gasteiger partial charge in [-0.2, -0.15) is 0 Å². The lowest BCUT2D eigenvalue weighted by Gasteiger charge is -2.33. The van der Waals surface area contributed by atoms with Gasteiger partial charge in [0, 0.05) is 15.6 Å². The fourth-order valence-electron chi connectivity index (χ4n) is 3.24. The Balaban J connectivity index is 1.94. The lowest BCUT2D eigenvalue weighted by atomic mass is 9.88. The molecule has 0 aromatic heterocycles. The molecule has 3 aromatic carbocycles. The number of benzene rings is 3. The summed E-state index contributed by atoms with van der Waals surface area (Å²) in [4.78, 5) is 0. The van der Waals surface area contributed by atoms with Gasteiger partial charge in [-0.25, -0.2) is 0 Å². The summed E-state index contributed by atoms with van der Waals surface area (Å²) in [5.41, 5.74) is 5.33. The van der Waals surface area contributed by atoms with Gasteiger partial charge in [0.05, 0.1) is 11.7 Å². The van der Waals surface area contributed by atoms with E-state index in [9.17, 15) is 0 Å². The molecule has 1 atom stereocenters. The number of hydrogen-bond donors (Lipinski definition) is 2. The van der Waals surface area contributed by atoms with Crippen molar-refractivity contribution in [1.29, 1.82) is 0 Å². The van der Waals surface area contributed by atoms with E-state index in [1.54, 1.807) is 0 Å². The van der Waals surface area contributed by atoms with Crippen molar-refractivity contribution in [2.24, 2.45) is 0 Å². The second-order valence-electron chi connectivity index (χ2n) is 6.24. The molecular weight excluding hydrogens is 395 g/mol. The van der Waals surface area contributed by atoms with Crippen molar-refractivity contribution in [3.8, 4) is 0 Å². The van der Waals surface area contributed by atoms with Gasteiger partial charge in [-0.05, 0) is 53.2 Å². The highest BCUT2D eigenvalue weighted by atomic mass is 35.5. The molecule has 0 saturated carbocycles. The van der Waals surface area contributed by atoms with Crippen LogP contribution >= 0.6 is 35.4 Å². The second kappa shape index (κ2) is 7.73. The van der Waals surface area contributed by atoms with E-state index in [2.05, 4.69) is 22.8 Å². The predicted molar refractivity (Wildman–Crippen MR) is 118 cm³/mol. The summed E-state index contributed by atoms with van der Waals surface area (Å²) in [6.07, 6.45) is 0. The van der Waals surface area contributed by atoms with Crippen molar-refractivity contribution in [3.05, 3.63) is 106 Å². The number of rotatable bonds is 3. The van der Waals surface area contributed by atoms with E-state index in [1.807, 2.05) is 66.7 Å². The first-order valence-electron chi connectivity index (χ1n) is 8.50. The first-order valence-corrected chi connectivity index (χ1v) is 9.67.